The van der Waals surface area contributed by atoms with Crippen LogP contribution in [-0.4, -0.2) is 27.7 Å². The largest absolute Gasteiger partial charge is 0.381 e. The molecule has 0 atom stereocenters. The summed E-state index contributed by atoms with van der Waals surface area (Å²) in [6.07, 6.45) is 3.95. The SMILES string of the molecule is Cc1nc2cccnc2n1C1CCOCC1. The molecule has 2 aromatic heterocycles. The first-order valence-corrected chi connectivity index (χ1v) is 5.73. The third-order valence-electron chi connectivity index (χ3n) is 3.18. The fraction of sp³-hybridized carbons (Fsp3) is 0.500. The highest BCUT2D eigenvalue weighted by Gasteiger charge is 2.20. The van der Waals surface area contributed by atoms with E-state index in [0.29, 0.717) is 6.04 Å². The number of nitrogens with zero attached hydrogens (tertiary/aromatic N) is 3. The van der Waals surface area contributed by atoms with Crippen molar-refractivity contribution in [1.29, 1.82) is 0 Å². The number of pyridine rings is 1. The monoisotopic (exact) mass is 217 g/mol. The Morgan fingerprint density at radius 2 is 2.19 bits per heavy atom. The Bertz CT molecular complexity index is 500. The van der Waals surface area contributed by atoms with Gasteiger partial charge in [-0.1, -0.05) is 0 Å². The van der Waals surface area contributed by atoms with Crippen LogP contribution in [0.5, 0.6) is 0 Å². The molecule has 0 radical (unpaired) electrons. The van der Waals surface area contributed by atoms with Gasteiger partial charge in [-0.3, -0.25) is 0 Å². The van der Waals surface area contributed by atoms with Crippen molar-refractivity contribution in [2.24, 2.45) is 0 Å². The lowest BCUT2D eigenvalue weighted by atomic mass is 10.1. The van der Waals surface area contributed by atoms with Crippen molar-refractivity contribution in [2.45, 2.75) is 25.8 Å². The Balaban J connectivity index is 2.10. The van der Waals surface area contributed by atoms with Gasteiger partial charge in [0.15, 0.2) is 5.65 Å². The fourth-order valence-corrected chi connectivity index (χ4v) is 2.42. The Kier molecular flexibility index (Phi) is 2.36. The number of aromatic nitrogens is 3. The molecule has 0 unspecified atom stereocenters. The van der Waals surface area contributed by atoms with Gasteiger partial charge < -0.3 is 9.30 Å². The molecule has 0 saturated carbocycles. The highest BCUT2D eigenvalue weighted by molar-refractivity contribution is 5.71. The fourth-order valence-electron chi connectivity index (χ4n) is 2.42. The van der Waals surface area contributed by atoms with Crippen molar-refractivity contribution in [3.8, 4) is 0 Å². The molecule has 0 aromatic carbocycles. The maximum Gasteiger partial charge on any atom is 0.160 e. The van der Waals surface area contributed by atoms with Crippen LogP contribution >= 0.6 is 0 Å². The van der Waals surface area contributed by atoms with E-state index in [1.54, 1.807) is 0 Å². The van der Waals surface area contributed by atoms with Crippen LogP contribution < -0.4 is 0 Å². The third kappa shape index (κ3) is 1.50. The second-order valence-electron chi connectivity index (χ2n) is 4.22. The molecule has 2 aromatic rings. The van der Waals surface area contributed by atoms with Gasteiger partial charge in [0.1, 0.15) is 11.3 Å². The average molecular weight is 217 g/mol. The normalized spacial score (nSPS) is 18.1. The van der Waals surface area contributed by atoms with E-state index < -0.39 is 0 Å². The quantitative estimate of drug-likeness (QED) is 0.734. The number of imidazole rings is 1. The van der Waals surface area contributed by atoms with Crippen molar-refractivity contribution in [1.82, 2.24) is 14.5 Å². The lowest BCUT2D eigenvalue weighted by Gasteiger charge is -2.24. The number of hydrogen-bond donors (Lipinski definition) is 0. The van der Waals surface area contributed by atoms with Crippen LogP contribution in [0.2, 0.25) is 0 Å². The summed E-state index contributed by atoms with van der Waals surface area (Å²) in [5.74, 6) is 1.06. The molecule has 1 fully saturated rings. The predicted octanol–water partition coefficient (Wildman–Crippen LogP) is 2.09. The maximum atomic E-state index is 5.40. The highest BCUT2D eigenvalue weighted by Crippen LogP contribution is 2.26. The number of aryl methyl sites for hydroxylation is 1. The lowest BCUT2D eigenvalue weighted by Crippen LogP contribution is -2.20. The van der Waals surface area contributed by atoms with E-state index in [1.165, 1.54) is 0 Å². The lowest BCUT2D eigenvalue weighted by molar-refractivity contribution is 0.0699. The number of hydrogen-bond acceptors (Lipinski definition) is 3. The van der Waals surface area contributed by atoms with Gasteiger partial charge in [-0.15, -0.1) is 0 Å². The van der Waals surface area contributed by atoms with Gasteiger partial charge in [-0.05, 0) is 31.9 Å². The minimum Gasteiger partial charge on any atom is -0.381 e. The molecule has 0 amide bonds. The Morgan fingerprint density at radius 3 is 3.00 bits per heavy atom. The van der Waals surface area contributed by atoms with Crippen LogP contribution in [0.4, 0.5) is 0 Å². The molecule has 0 N–H and O–H groups in total. The van der Waals surface area contributed by atoms with Crippen LogP contribution in [0.3, 0.4) is 0 Å². The summed E-state index contributed by atoms with van der Waals surface area (Å²) in [7, 11) is 0. The Labute approximate surface area is 94.3 Å². The van der Waals surface area contributed by atoms with E-state index in [0.717, 1.165) is 43.0 Å². The van der Waals surface area contributed by atoms with Gasteiger partial charge in [-0.25, -0.2) is 9.97 Å². The van der Waals surface area contributed by atoms with E-state index in [1.807, 2.05) is 18.3 Å². The zero-order valence-corrected chi connectivity index (χ0v) is 9.39. The second-order valence-corrected chi connectivity index (χ2v) is 4.22. The molecular weight excluding hydrogens is 202 g/mol. The smallest absolute Gasteiger partial charge is 0.160 e. The summed E-state index contributed by atoms with van der Waals surface area (Å²) in [6, 6.07) is 4.45. The molecule has 0 bridgehead atoms. The minimum atomic E-state index is 0.494. The summed E-state index contributed by atoms with van der Waals surface area (Å²) in [6.45, 7) is 3.74. The molecule has 16 heavy (non-hydrogen) atoms. The average Bonchev–Trinajstić information content (AvgIpc) is 2.66. The molecule has 1 aliphatic rings. The first kappa shape index (κ1) is 9.78. The zero-order valence-electron chi connectivity index (χ0n) is 9.39. The molecule has 0 spiro atoms. The first-order chi connectivity index (χ1) is 7.86. The number of ether oxygens (including phenoxy) is 1. The van der Waals surface area contributed by atoms with Gasteiger partial charge in [0.2, 0.25) is 0 Å². The van der Waals surface area contributed by atoms with Crippen molar-refractivity contribution in [3.63, 3.8) is 0 Å². The highest BCUT2D eigenvalue weighted by atomic mass is 16.5. The summed E-state index contributed by atoms with van der Waals surface area (Å²) in [4.78, 5) is 8.98. The Hall–Kier alpha value is -1.42. The van der Waals surface area contributed by atoms with Gasteiger partial charge in [0.25, 0.3) is 0 Å². The molecule has 3 heterocycles. The van der Waals surface area contributed by atoms with Crippen molar-refractivity contribution in [3.05, 3.63) is 24.2 Å². The van der Waals surface area contributed by atoms with Crippen molar-refractivity contribution < 1.29 is 4.74 Å². The van der Waals surface area contributed by atoms with E-state index in [2.05, 4.69) is 21.5 Å². The van der Waals surface area contributed by atoms with Crippen LogP contribution in [-0.2, 0) is 4.74 Å². The molecular formula is C12H15N3O. The molecule has 1 aliphatic heterocycles. The standard InChI is InChI=1S/C12H15N3O/c1-9-14-11-3-2-6-13-12(11)15(9)10-4-7-16-8-5-10/h2-3,6,10H,4-5,7-8H2,1H3. The molecule has 84 valence electrons. The summed E-state index contributed by atoms with van der Waals surface area (Å²) >= 11 is 0. The summed E-state index contributed by atoms with van der Waals surface area (Å²) < 4.78 is 7.66. The van der Waals surface area contributed by atoms with Crippen LogP contribution in [0.15, 0.2) is 18.3 Å². The Morgan fingerprint density at radius 1 is 1.38 bits per heavy atom. The molecule has 1 saturated heterocycles. The molecule has 0 aliphatic carbocycles. The van der Waals surface area contributed by atoms with Crippen LogP contribution in [0.25, 0.3) is 11.2 Å². The van der Waals surface area contributed by atoms with E-state index in [9.17, 15) is 0 Å². The zero-order chi connectivity index (χ0) is 11.0. The van der Waals surface area contributed by atoms with E-state index in [-0.39, 0.29) is 0 Å². The van der Waals surface area contributed by atoms with Crippen molar-refractivity contribution >= 4 is 11.2 Å². The predicted molar refractivity (Wildman–Crippen MR) is 61.4 cm³/mol. The van der Waals surface area contributed by atoms with Crippen molar-refractivity contribution in [2.75, 3.05) is 13.2 Å². The maximum absolute atomic E-state index is 5.40. The number of fused-ring (bicyclic) bond motifs is 1. The third-order valence-corrected chi connectivity index (χ3v) is 3.18. The van der Waals surface area contributed by atoms with Gasteiger partial charge in [-0.2, -0.15) is 0 Å². The van der Waals surface area contributed by atoms with Gasteiger partial charge >= 0.3 is 0 Å². The molecule has 4 heteroatoms. The van der Waals surface area contributed by atoms with Crippen LogP contribution in [0.1, 0.15) is 24.7 Å². The minimum absolute atomic E-state index is 0.494. The van der Waals surface area contributed by atoms with Gasteiger partial charge in [0, 0.05) is 25.5 Å². The number of rotatable bonds is 1. The summed E-state index contributed by atoms with van der Waals surface area (Å²) in [5, 5.41) is 0. The molecule has 4 nitrogen and oxygen atoms in total. The topological polar surface area (TPSA) is 39.9 Å². The van der Waals surface area contributed by atoms with Gasteiger partial charge in [0.05, 0.1) is 0 Å². The summed E-state index contributed by atoms with van der Waals surface area (Å²) in [5.41, 5.74) is 2.00. The second kappa shape index (κ2) is 3.87. The van der Waals surface area contributed by atoms with Crippen LogP contribution in [0, 0.1) is 6.92 Å². The molecule has 3 rings (SSSR count). The first-order valence-electron chi connectivity index (χ1n) is 5.73. The van der Waals surface area contributed by atoms with E-state index >= 15 is 0 Å². The van der Waals surface area contributed by atoms with E-state index in [4.69, 9.17) is 4.74 Å².